The predicted molar refractivity (Wildman–Crippen MR) is 63.7 cm³/mol. The van der Waals surface area contributed by atoms with E-state index < -0.39 is 0 Å². The van der Waals surface area contributed by atoms with Crippen molar-refractivity contribution >= 4 is 11.7 Å². The van der Waals surface area contributed by atoms with Gasteiger partial charge in [0.05, 0.1) is 6.04 Å². The lowest BCUT2D eigenvalue weighted by molar-refractivity contribution is -0.124. The number of piperidine rings is 1. The molecule has 1 heterocycles. The van der Waals surface area contributed by atoms with E-state index in [1.807, 2.05) is 0 Å². The third-order valence-electron chi connectivity index (χ3n) is 3.65. The zero-order valence-corrected chi connectivity index (χ0v) is 9.91. The fourth-order valence-electron chi connectivity index (χ4n) is 2.32. The Hall–Kier alpha value is -1.30. The molecule has 1 amide bonds. The monoisotopic (exact) mass is 240 g/mol. The van der Waals surface area contributed by atoms with E-state index in [1.54, 1.807) is 0 Å². The molecule has 0 aromatic heterocycles. The minimum Gasteiger partial charge on any atom is -0.409 e. The first-order valence-corrected chi connectivity index (χ1v) is 6.13. The molecule has 2 aliphatic rings. The van der Waals surface area contributed by atoms with Crippen molar-refractivity contribution in [3.05, 3.63) is 0 Å². The highest BCUT2D eigenvalue weighted by molar-refractivity contribution is 5.82. The third kappa shape index (κ3) is 3.09. The largest absolute Gasteiger partial charge is 0.409 e. The van der Waals surface area contributed by atoms with Crippen LogP contribution in [0.4, 0.5) is 0 Å². The number of carbonyl (C=O) groups excluding carboxylic acids is 1. The number of carbonyl (C=O) groups is 1. The number of nitrogens with one attached hydrogen (secondary N) is 2. The maximum absolute atomic E-state index is 11.5. The molecule has 1 unspecified atom stereocenters. The molecular formula is C11H20N4O2. The summed E-state index contributed by atoms with van der Waals surface area (Å²) in [6.07, 6.45) is 4.67. The van der Waals surface area contributed by atoms with Crippen molar-refractivity contribution in [1.29, 1.82) is 0 Å². The van der Waals surface area contributed by atoms with Crippen molar-refractivity contribution in [3.8, 4) is 0 Å². The molecule has 1 aliphatic heterocycles. The smallest absolute Gasteiger partial charge is 0.237 e. The maximum Gasteiger partial charge on any atom is 0.237 e. The van der Waals surface area contributed by atoms with Crippen LogP contribution in [0.3, 0.4) is 0 Å². The molecular weight excluding hydrogens is 220 g/mol. The summed E-state index contributed by atoms with van der Waals surface area (Å²) in [4.78, 5) is 11.5. The van der Waals surface area contributed by atoms with E-state index in [-0.39, 0.29) is 23.2 Å². The van der Waals surface area contributed by atoms with Crippen molar-refractivity contribution in [2.75, 3.05) is 13.1 Å². The minimum absolute atomic E-state index is 0.0754. The van der Waals surface area contributed by atoms with Gasteiger partial charge < -0.3 is 21.6 Å². The first kappa shape index (κ1) is 12.2. The highest BCUT2D eigenvalue weighted by Gasteiger charge is 2.43. The zero-order chi connectivity index (χ0) is 12.3. The van der Waals surface area contributed by atoms with Crippen LogP contribution in [0.15, 0.2) is 5.16 Å². The van der Waals surface area contributed by atoms with Gasteiger partial charge in [0, 0.05) is 19.5 Å². The zero-order valence-electron chi connectivity index (χ0n) is 9.91. The lowest BCUT2D eigenvalue weighted by Crippen LogP contribution is -2.49. The number of oxime groups is 1. The van der Waals surface area contributed by atoms with Gasteiger partial charge in [-0.05, 0) is 31.1 Å². The maximum atomic E-state index is 11.5. The van der Waals surface area contributed by atoms with E-state index in [9.17, 15) is 4.79 Å². The quantitative estimate of drug-likeness (QED) is 0.231. The lowest BCUT2D eigenvalue weighted by atomic mass is 10.00. The Morgan fingerprint density at radius 2 is 2.41 bits per heavy atom. The minimum atomic E-state index is -0.0754. The second-order valence-corrected chi connectivity index (χ2v) is 5.13. The Balaban J connectivity index is 1.79. The average molecular weight is 240 g/mol. The van der Waals surface area contributed by atoms with Crippen LogP contribution in [0, 0.1) is 5.41 Å². The van der Waals surface area contributed by atoms with Crippen molar-refractivity contribution in [3.63, 3.8) is 0 Å². The van der Waals surface area contributed by atoms with Crippen LogP contribution in [-0.4, -0.2) is 36.1 Å². The van der Waals surface area contributed by atoms with E-state index in [2.05, 4.69) is 15.8 Å². The topological polar surface area (TPSA) is 99.7 Å². The highest BCUT2D eigenvalue weighted by atomic mass is 16.4. The molecule has 0 radical (unpaired) electrons. The highest BCUT2D eigenvalue weighted by Crippen LogP contribution is 2.48. The molecule has 0 aromatic carbocycles. The molecule has 0 bridgehead atoms. The number of hydrogen-bond acceptors (Lipinski definition) is 4. The summed E-state index contributed by atoms with van der Waals surface area (Å²) >= 11 is 0. The fourth-order valence-corrected chi connectivity index (χ4v) is 2.32. The second kappa shape index (κ2) is 4.91. The van der Waals surface area contributed by atoms with Crippen LogP contribution in [0.1, 0.15) is 32.1 Å². The molecule has 2 fully saturated rings. The van der Waals surface area contributed by atoms with Crippen LogP contribution >= 0.6 is 0 Å². The molecule has 1 aliphatic carbocycles. The van der Waals surface area contributed by atoms with E-state index >= 15 is 0 Å². The summed E-state index contributed by atoms with van der Waals surface area (Å²) in [6, 6.07) is -0.0754. The molecule has 6 heteroatoms. The number of amidine groups is 1. The van der Waals surface area contributed by atoms with Crippen LogP contribution < -0.4 is 16.4 Å². The Morgan fingerprint density at radius 3 is 3.00 bits per heavy atom. The number of rotatable bonds is 5. The molecule has 0 spiro atoms. The van der Waals surface area contributed by atoms with Crippen molar-refractivity contribution in [2.45, 2.75) is 38.1 Å². The summed E-state index contributed by atoms with van der Waals surface area (Å²) in [6.45, 7) is 1.55. The summed E-state index contributed by atoms with van der Waals surface area (Å²) in [5.74, 6) is 0.369. The lowest BCUT2D eigenvalue weighted by Gasteiger charge is -2.25. The number of hydrogen-bond donors (Lipinski definition) is 4. The number of nitrogens with two attached hydrogens (primary N) is 1. The van der Waals surface area contributed by atoms with Crippen molar-refractivity contribution in [1.82, 2.24) is 10.6 Å². The Labute approximate surface area is 101 Å². The molecule has 17 heavy (non-hydrogen) atoms. The van der Waals surface area contributed by atoms with Gasteiger partial charge in [0.2, 0.25) is 5.91 Å². The van der Waals surface area contributed by atoms with Crippen molar-refractivity contribution < 1.29 is 10.0 Å². The van der Waals surface area contributed by atoms with Gasteiger partial charge in [0.15, 0.2) is 0 Å². The first-order chi connectivity index (χ1) is 8.15. The van der Waals surface area contributed by atoms with Crippen LogP contribution in [0.5, 0.6) is 0 Å². The summed E-state index contributed by atoms with van der Waals surface area (Å²) in [5, 5.41) is 17.7. The SMILES string of the molecule is NC(CC1(CNC2CCCNC2=O)CC1)=NO. The summed E-state index contributed by atoms with van der Waals surface area (Å²) < 4.78 is 0. The fraction of sp³-hybridized carbons (Fsp3) is 0.818. The Morgan fingerprint density at radius 1 is 1.65 bits per heavy atom. The summed E-state index contributed by atoms with van der Waals surface area (Å²) in [5.41, 5.74) is 5.63. The summed E-state index contributed by atoms with van der Waals surface area (Å²) in [7, 11) is 0. The molecule has 0 aromatic rings. The van der Waals surface area contributed by atoms with Gasteiger partial charge in [0.25, 0.3) is 0 Å². The van der Waals surface area contributed by atoms with Crippen LogP contribution in [0.25, 0.3) is 0 Å². The Bertz CT molecular complexity index is 325. The molecule has 1 saturated heterocycles. The van der Waals surface area contributed by atoms with Crippen LogP contribution in [0.2, 0.25) is 0 Å². The van der Waals surface area contributed by atoms with E-state index in [4.69, 9.17) is 10.9 Å². The van der Waals surface area contributed by atoms with Gasteiger partial charge in [-0.1, -0.05) is 5.16 Å². The standard InChI is InChI=1S/C11H20N4O2/c12-9(15-17)6-11(3-4-11)7-14-8-2-1-5-13-10(8)16/h8,14,17H,1-7H2,(H2,12,15)(H,13,16). The van der Waals surface area contributed by atoms with E-state index in [0.29, 0.717) is 6.42 Å². The molecule has 96 valence electrons. The van der Waals surface area contributed by atoms with E-state index in [0.717, 1.165) is 38.8 Å². The van der Waals surface area contributed by atoms with Crippen LogP contribution in [-0.2, 0) is 4.79 Å². The number of nitrogens with zero attached hydrogens (tertiary/aromatic N) is 1. The second-order valence-electron chi connectivity index (χ2n) is 5.13. The van der Waals surface area contributed by atoms with Gasteiger partial charge in [-0.2, -0.15) is 0 Å². The molecule has 1 atom stereocenters. The molecule has 2 rings (SSSR count). The van der Waals surface area contributed by atoms with Gasteiger partial charge in [-0.15, -0.1) is 0 Å². The Kier molecular flexibility index (Phi) is 3.51. The normalized spacial score (nSPS) is 27.6. The molecule has 1 saturated carbocycles. The average Bonchev–Trinajstić information content (AvgIpc) is 3.08. The molecule has 5 N–H and O–H groups in total. The van der Waals surface area contributed by atoms with Crippen molar-refractivity contribution in [2.24, 2.45) is 16.3 Å². The predicted octanol–water partition coefficient (Wildman–Crippen LogP) is -0.229. The first-order valence-electron chi connectivity index (χ1n) is 6.13. The van der Waals surface area contributed by atoms with Gasteiger partial charge in [-0.3, -0.25) is 4.79 Å². The van der Waals surface area contributed by atoms with Gasteiger partial charge in [-0.25, -0.2) is 0 Å². The molecule has 6 nitrogen and oxygen atoms in total. The van der Waals surface area contributed by atoms with Gasteiger partial charge >= 0.3 is 0 Å². The third-order valence-corrected chi connectivity index (χ3v) is 3.65. The van der Waals surface area contributed by atoms with Gasteiger partial charge in [0.1, 0.15) is 5.84 Å². The van der Waals surface area contributed by atoms with E-state index in [1.165, 1.54) is 0 Å². The number of amides is 1.